The molecule has 1 fully saturated rings. The van der Waals surface area contributed by atoms with E-state index >= 15 is 0 Å². The molecule has 0 spiro atoms. The van der Waals surface area contributed by atoms with Crippen LogP contribution in [0, 0.1) is 5.92 Å². The standard InChI is InChI=1S/C10H18N2O/c1-8-9(4-6-13-8)7-12-10-3-2-5-11-10/h8-9H,2-7H2,1H3,(H,11,12). The minimum Gasteiger partial charge on any atom is -0.378 e. The second-order valence-corrected chi connectivity index (χ2v) is 3.94. The van der Waals surface area contributed by atoms with Gasteiger partial charge in [0.15, 0.2) is 0 Å². The van der Waals surface area contributed by atoms with E-state index in [9.17, 15) is 0 Å². The highest BCUT2D eigenvalue weighted by atomic mass is 16.5. The van der Waals surface area contributed by atoms with Crippen LogP contribution in [0.5, 0.6) is 0 Å². The first-order valence-electron chi connectivity index (χ1n) is 5.25. The van der Waals surface area contributed by atoms with E-state index in [0.717, 1.165) is 26.1 Å². The fourth-order valence-corrected chi connectivity index (χ4v) is 1.98. The fourth-order valence-electron chi connectivity index (χ4n) is 1.98. The third-order valence-corrected chi connectivity index (χ3v) is 2.98. The zero-order valence-corrected chi connectivity index (χ0v) is 8.25. The number of rotatable bonds is 2. The summed E-state index contributed by atoms with van der Waals surface area (Å²) in [5.41, 5.74) is 0. The first-order chi connectivity index (χ1) is 6.36. The second kappa shape index (κ2) is 4.09. The van der Waals surface area contributed by atoms with Crippen molar-refractivity contribution in [2.24, 2.45) is 10.9 Å². The Balaban J connectivity index is 1.72. The lowest BCUT2D eigenvalue weighted by atomic mass is 10.0. The van der Waals surface area contributed by atoms with Crippen molar-refractivity contribution >= 4 is 5.84 Å². The Hall–Kier alpha value is -0.570. The van der Waals surface area contributed by atoms with Gasteiger partial charge in [-0.25, -0.2) is 0 Å². The van der Waals surface area contributed by atoms with Crippen LogP contribution in [0.25, 0.3) is 0 Å². The molecule has 0 aromatic heterocycles. The van der Waals surface area contributed by atoms with Crippen LogP contribution in [0.2, 0.25) is 0 Å². The van der Waals surface area contributed by atoms with Crippen LogP contribution < -0.4 is 5.32 Å². The number of amidine groups is 1. The molecule has 2 atom stereocenters. The summed E-state index contributed by atoms with van der Waals surface area (Å²) < 4.78 is 5.50. The van der Waals surface area contributed by atoms with Gasteiger partial charge in [-0.15, -0.1) is 0 Å². The Morgan fingerprint density at radius 1 is 1.62 bits per heavy atom. The van der Waals surface area contributed by atoms with Crippen molar-refractivity contribution in [1.29, 1.82) is 0 Å². The van der Waals surface area contributed by atoms with Crippen LogP contribution in [-0.4, -0.2) is 31.6 Å². The predicted octanol–water partition coefficient (Wildman–Crippen LogP) is 1.19. The van der Waals surface area contributed by atoms with Gasteiger partial charge in [0.2, 0.25) is 0 Å². The zero-order valence-electron chi connectivity index (χ0n) is 8.25. The van der Waals surface area contributed by atoms with Crippen LogP contribution in [0.15, 0.2) is 4.99 Å². The Labute approximate surface area is 79.6 Å². The van der Waals surface area contributed by atoms with E-state index in [0.29, 0.717) is 12.0 Å². The topological polar surface area (TPSA) is 33.6 Å². The number of aliphatic imine (C=N–C) groups is 1. The van der Waals surface area contributed by atoms with E-state index < -0.39 is 0 Å². The lowest BCUT2D eigenvalue weighted by Crippen LogP contribution is -2.30. The number of hydrogen-bond donors (Lipinski definition) is 1. The smallest absolute Gasteiger partial charge is 0.0963 e. The zero-order chi connectivity index (χ0) is 9.10. The number of nitrogens with zero attached hydrogens (tertiary/aromatic N) is 1. The largest absolute Gasteiger partial charge is 0.378 e. The average Bonchev–Trinajstić information content (AvgIpc) is 2.72. The molecule has 1 N–H and O–H groups in total. The molecule has 0 aromatic rings. The van der Waals surface area contributed by atoms with Crippen molar-refractivity contribution in [1.82, 2.24) is 5.32 Å². The van der Waals surface area contributed by atoms with Crippen molar-refractivity contribution in [3.05, 3.63) is 0 Å². The SMILES string of the molecule is CC1OCCC1CNC1=NCCC1. The van der Waals surface area contributed by atoms with E-state index in [1.165, 1.54) is 18.7 Å². The second-order valence-electron chi connectivity index (χ2n) is 3.94. The Morgan fingerprint density at radius 2 is 2.54 bits per heavy atom. The minimum atomic E-state index is 0.425. The Bertz CT molecular complexity index is 203. The van der Waals surface area contributed by atoms with E-state index in [1.807, 2.05) is 0 Å². The van der Waals surface area contributed by atoms with Gasteiger partial charge < -0.3 is 10.1 Å². The van der Waals surface area contributed by atoms with Gasteiger partial charge in [0, 0.05) is 32.0 Å². The molecule has 3 heteroatoms. The number of hydrogen-bond acceptors (Lipinski definition) is 3. The molecule has 0 aliphatic carbocycles. The molecule has 2 heterocycles. The number of ether oxygens (including phenoxy) is 1. The van der Waals surface area contributed by atoms with Crippen molar-refractivity contribution in [3.8, 4) is 0 Å². The van der Waals surface area contributed by atoms with Gasteiger partial charge in [0.05, 0.1) is 11.9 Å². The van der Waals surface area contributed by atoms with Crippen molar-refractivity contribution in [2.75, 3.05) is 19.7 Å². The monoisotopic (exact) mass is 182 g/mol. The van der Waals surface area contributed by atoms with E-state index in [1.54, 1.807) is 0 Å². The highest BCUT2D eigenvalue weighted by molar-refractivity contribution is 5.83. The van der Waals surface area contributed by atoms with E-state index in [2.05, 4.69) is 17.2 Å². The molecule has 2 aliphatic rings. The molecule has 74 valence electrons. The summed E-state index contributed by atoms with van der Waals surface area (Å²) in [6.07, 6.45) is 3.98. The van der Waals surface area contributed by atoms with Gasteiger partial charge in [-0.1, -0.05) is 0 Å². The highest BCUT2D eigenvalue weighted by Crippen LogP contribution is 2.19. The molecule has 2 rings (SSSR count). The normalized spacial score (nSPS) is 33.5. The van der Waals surface area contributed by atoms with Crippen LogP contribution in [-0.2, 0) is 4.74 Å². The van der Waals surface area contributed by atoms with Crippen LogP contribution in [0.1, 0.15) is 26.2 Å². The lowest BCUT2D eigenvalue weighted by molar-refractivity contribution is 0.106. The molecule has 0 aromatic carbocycles. The molecule has 13 heavy (non-hydrogen) atoms. The minimum absolute atomic E-state index is 0.425. The third kappa shape index (κ3) is 2.21. The summed E-state index contributed by atoms with van der Waals surface area (Å²) >= 11 is 0. The van der Waals surface area contributed by atoms with Crippen LogP contribution >= 0.6 is 0 Å². The highest BCUT2D eigenvalue weighted by Gasteiger charge is 2.24. The van der Waals surface area contributed by atoms with E-state index in [4.69, 9.17) is 4.74 Å². The summed E-state index contributed by atoms with van der Waals surface area (Å²) in [4.78, 5) is 4.39. The summed E-state index contributed by atoms with van der Waals surface area (Å²) in [5, 5.41) is 3.42. The molecule has 1 saturated heterocycles. The molecular weight excluding hydrogens is 164 g/mol. The molecule has 0 bridgehead atoms. The lowest BCUT2D eigenvalue weighted by Gasteiger charge is -2.15. The third-order valence-electron chi connectivity index (χ3n) is 2.98. The first-order valence-corrected chi connectivity index (χ1v) is 5.25. The predicted molar refractivity (Wildman–Crippen MR) is 53.1 cm³/mol. The molecule has 0 saturated carbocycles. The van der Waals surface area contributed by atoms with Gasteiger partial charge in [0.1, 0.15) is 0 Å². The summed E-state index contributed by atoms with van der Waals surface area (Å²) in [7, 11) is 0. The molecule has 0 amide bonds. The van der Waals surface area contributed by atoms with E-state index in [-0.39, 0.29) is 0 Å². The number of nitrogens with one attached hydrogen (secondary N) is 1. The maximum absolute atomic E-state index is 5.50. The average molecular weight is 182 g/mol. The van der Waals surface area contributed by atoms with Gasteiger partial charge in [-0.3, -0.25) is 4.99 Å². The summed E-state index contributed by atoms with van der Waals surface area (Å²) in [6.45, 7) is 5.15. The van der Waals surface area contributed by atoms with Crippen LogP contribution in [0.3, 0.4) is 0 Å². The first kappa shape index (κ1) is 9.00. The fraction of sp³-hybridized carbons (Fsp3) is 0.900. The maximum Gasteiger partial charge on any atom is 0.0963 e. The molecule has 3 nitrogen and oxygen atoms in total. The summed E-state index contributed by atoms with van der Waals surface area (Å²) in [5.74, 6) is 1.89. The molecule has 2 unspecified atom stereocenters. The van der Waals surface area contributed by atoms with Crippen molar-refractivity contribution in [3.63, 3.8) is 0 Å². The molecular formula is C10H18N2O. The van der Waals surface area contributed by atoms with Gasteiger partial charge in [-0.2, -0.15) is 0 Å². The Kier molecular flexibility index (Phi) is 2.83. The quantitative estimate of drug-likeness (QED) is 0.696. The van der Waals surface area contributed by atoms with Crippen molar-refractivity contribution in [2.45, 2.75) is 32.3 Å². The van der Waals surface area contributed by atoms with Crippen LogP contribution in [0.4, 0.5) is 0 Å². The molecule has 2 aliphatic heterocycles. The van der Waals surface area contributed by atoms with Crippen molar-refractivity contribution < 1.29 is 4.74 Å². The van der Waals surface area contributed by atoms with Gasteiger partial charge >= 0.3 is 0 Å². The Morgan fingerprint density at radius 3 is 3.15 bits per heavy atom. The van der Waals surface area contributed by atoms with Gasteiger partial charge in [0.25, 0.3) is 0 Å². The molecule has 0 radical (unpaired) electrons. The maximum atomic E-state index is 5.50. The summed E-state index contributed by atoms with van der Waals surface area (Å²) in [6, 6.07) is 0. The van der Waals surface area contributed by atoms with Gasteiger partial charge in [-0.05, 0) is 19.8 Å².